The number of benzene rings is 2. The van der Waals surface area contributed by atoms with Gasteiger partial charge in [0.25, 0.3) is 0 Å². The number of carbonyl (C=O) groups is 2. The first-order chi connectivity index (χ1) is 24.4. The summed E-state index contributed by atoms with van der Waals surface area (Å²) in [6.07, 6.45) is 11.6. The van der Waals surface area contributed by atoms with E-state index in [0.717, 1.165) is 87.0 Å². The Hall–Kier alpha value is -4.15. The first-order valence-corrected chi connectivity index (χ1v) is 18.7. The molecule has 2 amide bonds. The van der Waals surface area contributed by atoms with Gasteiger partial charge in [-0.3, -0.25) is 14.5 Å². The molecular formula is C39H49ClN8O2. The van der Waals surface area contributed by atoms with Crippen molar-refractivity contribution in [1.82, 2.24) is 20.2 Å². The summed E-state index contributed by atoms with van der Waals surface area (Å²) in [7, 11) is 0. The Morgan fingerprint density at radius 3 is 2.40 bits per heavy atom. The van der Waals surface area contributed by atoms with Gasteiger partial charge >= 0.3 is 0 Å². The molecule has 2 heterocycles. The van der Waals surface area contributed by atoms with Gasteiger partial charge in [-0.15, -0.1) is 0 Å². The van der Waals surface area contributed by atoms with Crippen LogP contribution in [0, 0.1) is 29.6 Å². The minimum atomic E-state index is -0.258. The Balaban J connectivity index is 0.815. The van der Waals surface area contributed by atoms with E-state index in [0.29, 0.717) is 34.9 Å². The first-order valence-electron chi connectivity index (χ1n) is 18.3. The van der Waals surface area contributed by atoms with Crippen LogP contribution in [0.5, 0.6) is 0 Å². The maximum absolute atomic E-state index is 12.8. The summed E-state index contributed by atoms with van der Waals surface area (Å²) in [5.41, 5.74) is 3.72. The van der Waals surface area contributed by atoms with Crippen molar-refractivity contribution in [3.05, 3.63) is 78.0 Å². The van der Waals surface area contributed by atoms with E-state index in [1.807, 2.05) is 36.4 Å². The third kappa shape index (κ3) is 8.58. The second-order valence-corrected chi connectivity index (χ2v) is 15.0. The van der Waals surface area contributed by atoms with Crippen LogP contribution in [0.15, 0.2) is 67.4 Å². The minimum Gasteiger partial charge on any atom is -0.369 e. The lowest BCUT2D eigenvalue weighted by molar-refractivity contribution is -0.126. The van der Waals surface area contributed by atoms with Crippen molar-refractivity contribution in [2.24, 2.45) is 29.6 Å². The Labute approximate surface area is 300 Å². The van der Waals surface area contributed by atoms with E-state index < -0.39 is 0 Å². The van der Waals surface area contributed by atoms with E-state index in [-0.39, 0.29) is 11.8 Å². The quantitative estimate of drug-likeness (QED) is 0.109. The molecule has 0 radical (unpaired) electrons. The Morgan fingerprint density at radius 1 is 0.940 bits per heavy atom. The van der Waals surface area contributed by atoms with Crippen molar-refractivity contribution < 1.29 is 9.59 Å². The maximum Gasteiger partial charge on any atom is 0.247 e. The Kier molecular flexibility index (Phi) is 10.8. The molecule has 1 aliphatic heterocycles. The lowest BCUT2D eigenvalue weighted by atomic mass is 9.51. The molecule has 5 fully saturated rings. The van der Waals surface area contributed by atoms with E-state index >= 15 is 0 Å². The molecule has 11 heteroatoms. The number of nitrogens with zero attached hydrogens (tertiary/aromatic N) is 4. The van der Waals surface area contributed by atoms with Gasteiger partial charge in [0.15, 0.2) is 5.82 Å². The average molecular weight is 697 g/mol. The number of carbonyl (C=O) groups excluding carboxylic acids is 2. The van der Waals surface area contributed by atoms with Crippen LogP contribution in [0.2, 0.25) is 5.02 Å². The molecule has 1 aromatic heterocycles. The number of hydrogen-bond acceptors (Lipinski definition) is 8. The molecule has 0 atom stereocenters. The molecule has 3 aromatic rings. The molecule has 5 aliphatic rings. The van der Waals surface area contributed by atoms with Gasteiger partial charge in [-0.05, 0) is 123 Å². The monoisotopic (exact) mass is 696 g/mol. The van der Waals surface area contributed by atoms with Crippen LogP contribution in [0.1, 0.15) is 50.5 Å². The summed E-state index contributed by atoms with van der Waals surface area (Å²) >= 11 is 6.39. The number of amides is 2. The van der Waals surface area contributed by atoms with Gasteiger partial charge in [0, 0.05) is 62.8 Å². The fraction of sp³-hybridized carbons (Fsp3) is 0.487. The fourth-order valence-electron chi connectivity index (χ4n) is 8.99. The summed E-state index contributed by atoms with van der Waals surface area (Å²) < 4.78 is 0. The molecule has 4 aliphatic carbocycles. The topological polar surface area (TPSA) is 115 Å². The molecular weight excluding hydrogens is 648 g/mol. The predicted octanol–water partition coefficient (Wildman–Crippen LogP) is 6.70. The minimum absolute atomic E-state index is 0.258. The van der Waals surface area contributed by atoms with Gasteiger partial charge in [-0.1, -0.05) is 30.3 Å². The summed E-state index contributed by atoms with van der Waals surface area (Å²) in [6, 6.07) is 15.9. The highest BCUT2D eigenvalue weighted by molar-refractivity contribution is 6.32. The van der Waals surface area contributed by atoms with Crippen molar-refractivity contribution in [2.75, 3.05) is 60.1 Å². The number of anilines is 5. The molecule has 0 spiro atoms. The van der Waals surface area contributed by atoms with E-state index in [2.05, 4.69) is 59.7 Å². The highest BCUT2D eigenvalue weighted by Gasteiger charge is 2.48. The summed E-state index contributed by atoms with van der Waals surface area (Å²) in [6.45, 7) is 9.75. The van der Waals surface area contributed by atoms with Gasteiger partial charge < -0.3 is 26.2 Å². The second-order valence-electron chi connectivity index (χ2n) is 14.6. The van der Waals surface area contributed by atoms with Crippen molar-refractivity contribution in [3.8, 4) is 0 Å². The Morgan fingerprint density at radius 2 is 1.68 bits per heavy atom. The standard InChI is InChI=1S/C39H49ClN8O2/c1-2-36(49)44-32-6-3-5-26(22-32)24-42-38-35(40)25-43-39(46-38)45-31-7-9-33(10-8-31)48-15-13-47(14-16-48)12-4-11-41-37(50)23-34-29-18-27-17-28(20-29)21-30(34)19-27/h2-3,5-10,22,25,27-30,34H,1,4,11-21,23-24H2,(H,41,50)(H,44,49)(H2,42,43,45,46). The summed E-state index contributed by atoms with van der Waals surface area (Å²) in [4.78, 5) is 38.3. The van der Waals surface area contributed by atoms with Crippen molar-refractivity contribution >= 4 is 52.2 Å². The van der Waals surface area contributed by atoms with Gasteiger partial charge in [0.2, 0.25) is 17.8 Å². The van der Waals surface area contributed by atoms with Crippen LogP contribution < -0.4 is 26.2 Å². The number of piperazine rings is 1. The first kappa shape index (κ1) is 34.3. The molecule has 1 saturated heterocycles. The Bertz CT molecular complexity index is 1630. The number of nitrogens with one attached hydrogen (secondary N) is 4. The van der Waals surface area contributed by atoms with Gasteiger partial charge in [-0.2, -0.15) is 4.98 Å². The molecule has 10 nitrogen and oxygen atoms in total. The molecule has 264 valence electrons. The van der Waals surface area contributed by atoms with Gasteiger partial charge in [0.1, 0.15) is 5.02 Å². The predicted molar refractivity (Wildman–Crippen MR) is 201 cm³/mol. The normalized spacial score (nSPS) is 24.1. The highest BCUT2D eigenvalue weighted by Crippen LogP contribution is 2.57. The summed E-state index contributed by atoms with van der Waals surface area (Å²) in [5.74, 6) is 5.17. The van der Waals surface area contributed by atoms with Gasteiger partial charge in [-0.25, -0.2) is 4.98 Å². The molecule has 50 heavy (non-hydrogen) atoms. The smallest absolute Gasteiger partial charge is 0.247 e. The second kappa shape index (κ2) is 15.8. The van der Waals surface area contributed by atoms with E-state index in [4.69, 9.17) is 11.6 Å². The number of rotatable bonds is 14. The lowest BCUT2D eigenvalue weighted by Crippen LogP contribution is -2.47. The van der Waals surface area contributed by atoms with Crippen LogP contribution in [-0.2, 0) is 16.1 Å². The largest absolute Gasteiger partial charge is 0.369 e. The molecule has 8 rings (SSSR count). The van der Waals surface area contributed by atoms with Crippen molar-refractivity contribution in [2.45, 2.75) is 51.5 Å². The highest BCUT2D eigenvalue weighted by atomic mass is 35.5. The number of aromatic nitrogens is 2. The number of hydrogen-bond donors (Lipinski definition) is 4. The maximum atomic E-state index is 12.8. The molecule has 4 bridgehead atoms. The SMILES string of the molecule is C=CC(=O)Nc1cccc(CNc2nc(Nc3ccc(N4CCN(CCCNC(=O)CC5C6CC7CC(C6)CC5C7)CC4)cc3)ncc2Cl)c1. The molecule has 4 N–H and O–H groups in total. The van der Waals surface area contributed by atoms with Crippen LogP contribution in [0.25, 0.3) is 0 Å². The van der Waals surface area contributed by atoms with E-state index in [9.17, 15) is 9.59 Å². The fourth-order valence-corrected chi connectivity index (χ4v) is 9.15. The molecule has 0 unspecified atom stereocenters. The van der Waals surface area contributed by atoms with Crippen LogP contribution in [0.3, 0.4) is 0 Å². The molecule has 2 aromatic carbocycles. The molecule has 4 saturated carbocycles. The van der Waals surface area contributed by atoms with Crippen LogP contribution in [-0.4, -0.2) is 66.0 Å². The third-order valence-electron chi connectivity index (χ3n) is 11.3. The zero-order valence-corrected chi connectivity index (χ0v) is 29.5. The average Bonchev–Trinajstić information content (AvgIpc) is 3.12. The lowest BCUT2D eigenvalue weighted by Gasteiger charge is -2.54. The van der Waals surface area contributed by atoms with Crippen molar-refractivity contribution in [1.29, 1.82) is 0 Å². The summed E-state index contributed by atoms with van der Waals surface area (Å²) in [5, 5.41) is 13.0. The van der Waals surface area contributed by atoms with Crippen LogP contribution >= 0.6 is 11.6 Å². The van der Waals surface area contributed by atoms with Crippen molar-refractivity contribution in [3.63, 3.8) is 0 Å². The number of halogens is 1. The van der Waals surface area contributed by atoms with E-state index in [1.54, 1.807) is 6.20 Å². The van der Waals surface area contributed by atoms with Gasteiger partial charge in [0.05, 0.1) is 6.20 Å². The zero-order chi connectivity index (χ0) is 34.5. The van der Waals surface area contributed by atoms with Crippen LogP contribution in [0.4, 0.5) is 28.8 Å². The third-order valence-corrected chi connectivity index (χ3v) is 11.5. The zero-order valence-electron chi connectivity index (χ0n) is 28.8. The van der Waals surface area contributed by atoms with E-state index in [1.165, 1.54) is 43.9 Å².